The molecular weight excluding hydrogens is 800 g/mol. The van der Waals surface area contributed by atoms with E-state index in [1.807, 2.05) is 0 Å². The number of azide groups is 2. The summed E-state index contributed by atoms with van der Waals surface area (Å²) in [6, 6.07) is 0. The van der Waals surface area contributed by atoms with E-state index in [-0.39, 0.29) is 0 Å². The van der Waals surface area contributed by atoms with Crippen molar-refractivity contribution in [3.05, 3.63) is 20.9 Å². The van der Waals surface area contributed by atoms with Crippen molar-refractivity contribution >= 4 is 47.8 Å². The van der Waals surface area contributed by atoms with Gasteiger partial charge in [-0.1, -0.05) is 10.2 Å². The van der Waals surface area contributed by atoms with Crippen LogP contribution in [0.15, 0.2) is 10.2 Å². The molecule has 0 aromatic rings. The monoisotopic (exact) mass is 846 g/mol. The number of rotatable bonds is 20. The lowest BCUT2D eigenvalue weighted by atomic mass is 9.89. The Morgan fingerprint density at radius 3 is 1.03 bits per heavy atom. The fourth-order valence-corrected chi connectivity index (χ4v) is 5.80. The van der Waals surface area contributed by atoms with Crippen molar-refractivity contribution in [1.82, 2.24) is 0 Å². The molecule has 0 aromatic carbocycles. The molecule has 10 atom stereocenters. The number of esters is 8. The molecule has 2 fully saturated rings. The number of nitrogens with zero attached hydrogens (tertiary/aromatic N) is 6. The molecule has 0 bridgehead atoms. The fourth-order valence-electron chi connectivity index (χ4n) is 5.80. The molecule has 0 saturated carbocycles. The molecule has 2 saturated heterocycles. The van der Waals surface area contributed by atoms with E-state index in [2.05, 4.69) is 20.1 Å². The standard InChI is InChI=1S/C33H46N6O20/c1-15(40)48-9-23-25(52-17(3)42)27(54-19(5)44)29(56-21(7)46)31(58-23)50-13-33(11-36-38-34,12-37-39-35)14-51-32-30(57-22(8)47)28(55-20(6)45)26(53-18(4)43)24(59-32)10-49-16(2)41/h23-32H,9-14H2,1-8H3/t23-,24-,25-,26-,27+,28+,29-,30-,31-,32-/m1/s1. The number of hydrogen-bond acceptors (Lipinski definition) is 22. The molecule has 328 valence electrons. The van der Waals surface area contributed by atoms with Crippen molar-refractivity contribution in [3.8, 4) is 0 Å². The summed E-state index contributed by atoms with van der Waals surface area (Å²) < 4.78 is 66.7. The van der Waals surface area contributed by atoms with Crippen molar-refractivity contribution in [3.63, 3.8) is 0 Å². The van der Waals surface area contributed by atoms with E-state index in [4.69, 9.17) is 56.8 Å². The maximum Gasteiger partial charge on any atom is 0.303 e. The zero-order valence-electron chi connectivity index (χ0n) is 33.4. The van der Waals surface area contributed by atoms with E-state index < -0.39 is 154 Å². The van der Waals surface area contributed by atoms with Gasteiger partial charge in [0.2, 0.25) is 0 Å². The molecule has 2 rings (SSSR count). The van der Waals surface area contributed by atoms with Crippen molar-refractivity contribution in [2.24, 2.45) is 15.6 Å². The summed E-state index contributed by atoms with van der Waals surface area (Å²) >= 11 is 0. The summed E-state index contributed by atoms with van der Waals surface area (Å²) in [6.07, 6.45) is -16.0. The normalized spacial score (nSPS) is 26.2. The molecule has 2 aliphatic heterocycles. The van der Waals surface area contributed by atoms with Crippen LogP contribution in [0.5, 0.6) is 0 Å². The number of carbonyl (C=O) groups excluding carboxylic acids is 8. The second kappa shape index (κ2) is 23.6. The van der Waals surface area contributed by atoms with Crippen LogP contribution in [0, 0.1) is 5.41 Å². The van der Waals surface area contributed by atoms with Crippen molar-refractivity contribution < 1.29 is 95.2 Å². The highest BCUT2D eigenvalue weighted by Gasteiger charge is 2.55. The van der Waals surface area contributed by atoms with Gasteiger partial charge in [-0.2, -0.15) is 0 Å². The summed E-state index contributed by atoms with van der Waals surface area (Å²) in [5, 5.41) is 7.20. The Hall–Kier alpha value is -5.78. The van der Waals surface area contributed by atoms with E-state index in [1.54, 1.807) is 0 Å². The summed E-state index contributed by atoms with van der Waals surface area (Å²) in [5.41, 5.74) is 16.9. The zero-order chi connectivity index (χ0) is 44.4. The second-order valence-electron chi connectivity index (χ2n) is 13.0. The lowest BCUT2D eigenvalue weighted by molar-refractivity contribution is -0.322. The highest BCUT2D eigenvalue weighted by molar-refractivity contribution is 5.70. The molecule has 0 radical (unpaired) electrons. The van der Waals surface area contributed by atoms with Crippen LogP contribution in [0.25, 0.3) is 20.9 Å². The molecule has 2 aliphatic rings. The van der Waals surface area contributed by atoms with Crippen LogP contribution in [-0.4, -0.2) is 149 Å². The SMILES string of the molecule is CC(=O)OC[C@H]1O[C@@H](OCC(CN=[N+]=[N-])(CN=[N+]=[N-])CO[C@@H]2O[C@H](COC(C)=O)[C@@H](OC(C)=O)[C@H](OC(C)=O)[C@H]2OC(C)=O)[C@H](OC(C)=O)[C@@H](OC(C)=O)[C@@H]1OC(C)=O. The fraction of sp³-hybridized carbons (Fsp3) is 0.758. The van der Waals surface area contributed by atoms with Crippen LogP contribution in [0.2, 0.25) is 0 Å². The van der Waals surface area contributed by atoms with Gasteiger partial charge in [-0.25, -0.2) is 0 Å². The molecule has 0 aromatic heterocycles. The second-order valence-corrected chi connectivity index (χ2v) is 13.0. The Morgan fingerprint density at radius 2 is 0.763 bits per heavy atom. The number of ether oxygens (including phenoxy) is 12. The van der Waals surface area contributed by atoms with Crippen molar-refractivity contribution in [2.75, 3.05) is 39.5 Å². The van der Waals surface area contributed by atoms with Gasteiger partial charge in [-0.05, 0) is 11.1 Å². The van der Waals surface area contributed by atoms with Gasteiger partial charge in [0.25, 0.3) is 0 Å². The first-order valence-corrected chi connectivity index (χ1v) is 17.6. The maximum absolute atomic E-state index is 12.4. The summed E-state index contributed by atoms with van der Waals surface area (Å²) in [7, 11) is 0. The van der Waals surface area contributed by atoms with Crippen LogP contribution >= 0.6 is 0 Å². The summed E-state index contributed by atoms with van der Waals surface area (Å²) in [5.74, 6) is -7.04. The average Bonchev–Trinajstić information content (AvgIpc) is 3.12. The quantitative estimate of drug-likeness (QED) is 0.0537. The smallest absolute Gasteiger partial charge is 0.303 e. The van der Waals surface area contributed by atoms with Gasteiger partial charge in [0, 0.05) is 83.7 Å². The van der Waals surface area contributed by atoms with Crippen LogP contribution in [0.4, 0.5) is 0 Å². The van der Waals surface area contributed by atoms with Gasteiger partial charge in [-0.3, -0.25) is 38.4 Å². The molecule has 0 unspecified atom stereocenters. The highest BCUT2D eigenvalue weighted by atomic mass is 16.8. The molecule has 26 nitrogen and oxygen atoms in total. The largest absolute Gasteiger partial charge is 0.463 e. The Balaban J connectivity index is 2.68. The van der Waals surface area contributed by atoms with Crippen LogP contribution in [0.3, 0.4) is 0 Å². The van der Waals surface area contributed by atoms with E-state index in [1.165, 1.54) is 0 Å². The Kier molecular flexibility index (Phi) is 19.7. The van der Waals surface area contributed by atoms with Gasteiger partial charge < -0.3 is 56.8 Å². The summed E-state index contributed by atoms with van der Waals surface area (Å²) in [6.45, 7) is 4.51. The molecular formula is C33H46N6O20. The topological polar surface area (TPSA) is 345 Å². The minimum atomic E-state index is -1.75. The minimum absolute atomic E-state index is 0.584. The van der Waals surface area contributed by atoms with Gasteiger partial charge in [0.1, 0.15) is 25.4 Å². The van der Waals surface area contributed by atoms with Crippen molar-refractivity contribution in [2.45, 2.75) is 117 Å². The molecule has 0 N–H and O–H groups in total. The first kappa shape index (κ1) is 49.4. The molecule has 2 heterocycles. The number of carbonyl (C=O) groups is 8. The molecule has 0 aliphatic carbocycles. The Morgan fingerprint density at radius 1 is 0.475 bits per heavy atom. The van der Waals surface area contributed by atoms with Gasteiger partial charge in [0.15, 0.2) is 49.2 Å². The minimum Gasteiger partial charge on any atom is -0.463 e. The third-order valence-electron chi connectivity index (χ3n) is 7.94. The molecule has 26 heteroatoms. The lowest BCUT2D eigenvalue weighted by Crippen LogP contribution is -2.64. The highest BCUT2D eigenvalue weighted by Crippen LogP contribution is 2.34. The average molecular weight is 847 g/mol. The van der Waals surface area contributed by atoms with E-state index in [9.17, 15) is 49.4 Å². The Bertz CT molecular complexity index is 1530. The summed E-state index contributed by atoms with van der Waals surface area (Å²) in [4.78, 5) is 103. The van der Waals surface area contributed by atoms with E-state index >= 15 is 0 Å². The van der Waals surface area contributed by atoms with Gasteiger partial charge >= 0.3 is 47.8 Å². The van der Waals surface area contributed by atoms with Gasteiger partial charge in [-0.15, -0.1) is 0 Å². The first-order valence-electron chi connectivity index (χ1n) is 17.6. The molecule has 59 heavy (non-hydrogen) atoms. The van der Waals surface area contributed by atoms with Crippen LogP contribution in [0.1, 0.15) is 55.4 Å². The predicted octanol–water partition coefficient (Wildman–Crippen LogP) is 0.793. The first-order chi connectivity index (χ1) is 27.7. The number of hydrogen-bond donors (Lipinski definition) is 0. The maximum atomic E-state index is 12.4. The van der Waals surface area contributed by atoms with Crippen LogP contribution in [-0.2, 0) is 95.2 Å². The predicted molar refractivity (Wildman–Crippen MR) is 186 cm³/mol. The lowest BCUT2D eigenvalue weighted by Gasteiger charge is -2.46. The third-order valence-corrected chi connectivity index (χ3v) is 7.94. The Labute approximate surface area is 335 Å². The molecule has 0 spiro atoms. The zero-order valence-corrected chi connectivity index (χ0v) is 33.4. The van der Waals surface area contributed by atoms with Gasteiger partial charge in [0.05, 0.1) is 13.2 Å². The van der Waals surface area contributed by atoms with Crippen molar-refractivity contribution in [1.29, 1.82) is 0 Å². The molecule has 0 amide bonds. The third kappa shape index (κ3) is 16.2. The van der Waals surface area contributed by atoms with Crippen LogP contribution < -0.4 is 0 Å². The van der Waals surface area contributed by atoms with E-state index in [0.29, 0.717) is 0 Å². The van der Waals surface area contributed by atoms with E-state index in [0.717, 1.165) is 55.4 Å².